The second-order valence-electron chi connectivity index (χ2n) is 8.91. The number of rotatable bonds is 13. The highest BCUT2D eigenvalue weighted by molar-refractivity contribution is 7.98. The molecule has 0 aliphatic heterocycles. The number of carbonyl (C=O) groups is 2. The molecule has 0 fully saturated rings. The second-order valence-corrected chi connectivity index (χ2v) is 12.5. The van der Waals surface area contributed by atoms with E-state index < -0.39 is 34.4 Å². The molecular formula is C29H33Cl2N3O5S2. The van der Waals surface area contributed by atoms with Gasteiger partial charge in [-0.25, -0.2) is 8.42 Å². The Morgan fingerprint density at radius 2 is 1.59 bits per heavy atom. The third-order valence-corrected chi connectivity index (χ3v) is 9.51. The van der Waals surface area contributed by atoms with Gasteiger partial charge in [-0.2, -0.15) is 0 Å². The van der Waals surface area contributed by atoms with Crippen LogP contribution in [0.4, 0.5) is 5.69 Å². The third kappa shape index (κ3) is 8.09. The molecule has 0 bridgehead atoms. The maximum absolute atomic E-state index is 14.0. The number of thioether (sulfide) groups is 1. The van der Waals surface area contributed by atoms with Gasteiger partial charge in [-0.15, -0.1) is 11.8 Å². The molecule has 3 rings (SSSR count). The van der Waals surface area contributed by atoms with E-state index in [2.05, 4.69) is 5.32 Å². The normalized spacial score (nSPS) is 12.0. The summed E-state index contributed by atoms with van der Waals surface area (Å²) < 4.78 is 34.5. The maximum Gasteiger partial charge on any atom is 0.264 e. The van der Waals surface area contributed by atoms with E-state index in [9.17, 15) is 18.0 Å². The summed E-state index contributed by atoms with van der Waals surface area (Å²) in [6, 6.07) is 16.9. The molecular weight excluding hydrogens is 605 g/mol. The lowest BCUT2D eigenvalue weighted by Gasteiger charge is -2.32. The van der Waals surface area contributed by atoms with Crippen molar-refractivity contribution in [1.82, 2.24) is 10.2 Å². The first-order valence-electron chi connectivity index (χ1n) is 12.9. The fraction of sp³-hybridized carbons (Fsp3) is 0.310. The van der Waals surface area contributed by atoms with Crippen molar-refractivity contribution in [2.75, 3.05) is 30.3 Å². The number of anilines is 1. The highest BCUT2D eigenvalue weighted by Gasteiger charge is 2.33. The van der Waals surface area contributed by atoms with Gasteiger partial charge in [-0.05, 0) is 87.7 Å². The topological polar surface area (TPSA) is 96.0 Å². The first-order chi connectivity index (χ1) is 19.5. The van der Waals surface area contributed by atoms with Crippen molar-refractivity contribution in [3.63, 3.8) is 0 Å². The van der Waals surface area contributed by atoms with Crippen LogP contribution in [-0.4, -0.2) is 57.1 Å². The first-order valence-corrected chi connectivity index (χ1v) is 16.3. The first kappa shape index (κ1) is 32.6. The van der Waals surface area contributed by atoms with Gasteiger partial charge in [0.15, 0.2) is 0 Å². The summed E-state index contributed by atoms with van der Waals surface area (Å²) in [6.07, 6.45) is 1.89. The van der Waals surface area contributed by atoms with Crippen molar-refractivity contribution in [1.29, 1.82) is 0 Å². The van der Waals surface area contributed by atoms with E-state index in [1.54, 1.807) is 68.4 Å². The molecule has 1 atom stereocenters. The van der Waals surface area contributed by atoms with Gasteiger partial charge in [0, 0.05) is 33.6 Å². The predicted octanol–water partition coefficient (Wildman–Crippen LogP) is 5.86. The van der Waals surface area contributed by atoms with Crippen molar-refractivity contribution < 1.29 is 22.7 Å². The molecule has 0 aliphatic carbocycles. The molecule has 0 heterocycles. The molecule has 0 spiro atoms. The Hall–Kier alpha value is -2.92. The number of nitrogens with one attached hydrogen (secondary N) is 1. The minimum absolute atomic E-state index is 0.0226. The Labute approximate surface area is 256 Å². The van der Waals surface area contributed by atoms with Crippen LogP contribution in [0.5, 0.6) is 5.75 Å². The van der Waals surface area contributed by atoms with Crippen LogP contribution in [0.2, 0.25) is 10.0 Å². The molecule has 8 nitrogen and oxygen atoms in total. The summed E-state index contributed by atoms with van der Waals surface area (Å²) in [5, 5.41) is 3.36. The lowest BCUT2D eigenvalue weighted by Crippen LogP contribution is -2.51. The predicted molar refractivity (Wildman–Crippen MR) is 166 cm³/mol. The molecule has 3 aromatic rings. The molecule has 0 aliphatic rings. The number of benzene rings is 3. The van der Waals surface area contributed by atoms with E-state index in [0.29, 0.717) is 34.5 Å². The molecule has 2 amide bonds. The average molecular weight is 639 g/mol. The number of halogens is 2. The monoisotopic (exact) mass is 637 g/mol. The summed E-state index contributed by atoms with van der Waals surface area (Å²) in [5.41, 5.74) is 0.709. The number of hydrogen-bond donors (Lipinski definition) is 1. The number of hydrogen-bond acceptors (Lipinski definition) is 6. The number of ether oxygens (including phenoxy) is 1. The van der Waals surface area contributed by atoms with Gasteiger partial charge in [-0.3, -0.25) is 13.9 Å². The quantitative estimate of drug-likeness (QED) is 0.236. The highest BCUT2D eigenvalue weighted by Crippen LogP contribution is 2.29. The van der Waals surface area contributed by atoms with Crippen molar-refractivity contribution >= 4 is 62.5 Å². The number of amides is 2. The van der Waals surface area contributed by atoms with Crippen LogP contribution in [0.25, 0.3) is 0 Å². The van der Waals surface area contributed by atoms with Gasteiger partial charge in [0.1, 0.15) is 18.3 Å². The van der Waals surface area contributed by atoms with Crippen LogP contribution in [0, 0.1) is 0 Å². The van der Waals surface area contributed by atoms with Crippen LogP contribution in [0.15, 0.2) is 76.5 Å². The Balaban J connectivity index is 2.07. The van der Waals surface area contributed by atoms with E-state index in [0.717, 1.165) is 9.20 Å². The minimum atomic E-state index is -4.20. The van der Waals surface area contributed by atoms with E-state index in [1.807, 2.05) is 13.2 Å². The SMILES string of the molecule is CCNC(=O)[C@@H](C)N(Cc1c(Cl)cccc1Cl)C(=O)CN(c1ccc(OCC)cc1)S(=O)(=O)c1ccc(SC)cc1. The third-order valence-electron chi connectivity index (χ3n) is 6.27. The molecule has 1 N–H and O–H groups in total. The summed E-state index contributed by atoms with van der Waals surface area (Å²) >= 11 is 14.3. The molecule has 0 radical (unpaired) electrons. The average Bonchev–Trinajstić information content (AvgIpc) is 2.96. The van der Waals surface area contributed by atoms with E-state index in [1.165, 1.54) is 28.8 Å². The van der Waals surface area contributed by atoms with Crippen LogP contribution in [0.1, 0.15) is 26.3 Å². The van der Waals surface area contributed by atoms with Crippen LogP contribution < -0.4 is 14.4 Å². The summed E-state index contributed by atoms with van der Waals surface area (Å²) in [4.78, 5) is 29.0. The Bertz CT molecular complexity index is 1430. The van der Waals surface area contributed by atoms with Gasteiger partial charge in [0.2, 0.25) is 11.8 Å². The van der Waals surface area contributed by atoms with Crippen LogP contribution in [0.3, 0.4) is 0 Å². The minimum Gasteiger partial charge on any atom is -0.494 e. The smallest absolute Gasteiger partial charge is 0.264 e. The lowest BCUT2D eigenvalue weighted by atomic mass is 10.1. The maximum atomic E-state index is 14.0. The van der Waals surface area contributed by atoms with E-state index in [4.69, 9.17) is 27.9 Å². The second kappa shape index (κ2) is 14.8. The molecule has 0 unspecified atom stereocenters. The Kier molecular flexibility index (Phi) is 11.8. The zero-order chi connectivity index (χ0) is 30.2. The molecule has 3 aromatic carbocycles. The van der Waals surface area contributed by atoms with Crippen LogP contribution >= 0.6 is 35.0 Å². The number of likely N-dealkylation sites (N-methyl/N-ethyl adjacent to an activating group) is 1. The van der Waals surface area contributed by atoms with Gasteiger partial charge < -0.3 is 15.0 Å². The Morgan fingerprint density at radius 1 is 0.976 bits per heavy atom. The van der Waals surface area contributed by atoms with Gasteiger partial charge in [0.25, 0.3) is 10.0 Å². The molecule has 0 aromatic heterocycles. The summed E-state index contributed by atoms with van der Waals surface area (Å²) in [6.45, 7) is 5.31. The number of carbonyl (C=O) groups excluding carboxylic acids is 2. The zero-order valence-electron chi connectivity index (χ0n) is 23.3. The van der Waals surface area contributed by atoms with Crippen LogP contribution in [-0.2, 0) is 26.2 Å². The lowest BCUT2D eigenvalue weighted by molar-refractivity contribution is -0.139. The van der Waals surface area contributed by atoms with E-state index >= 15 is 0 Å². The van der Waals surface area contributed by atoms with E-state index in [-0.39, 0.29) is 17.1 Å². The molecule has 0 saturated heterocycles. The number of sulfonamides is 1. The Morgan fingerprint density at radius 3 is 2.12 bits per heavy atom. The summed E-state index contributed by atoms with van der Waals surface area (Å²) in [7, 11) is -4.20. The van der Waals surface area contributed by atoms with Crippen molar-refractivity contribution in [3.05, 3.63) is 82.3 Å². The number of nitrogens with zero attached hydrogens (tertiary/aromatic N) is 2. The molecule has 0 saturated carbocycles. The molecule has 12 heteroatoms. The van der Waals surface area contributed by atoms with Gasteiger partial charge in [-0.1, -0.05) is 29.3 Å². The molecule has 41 heavy (non-hydrogen) atoms. The van der Waals surface area contributed by atoms with Gasteiger partial charge in [0.05, 0.1) is 17.2 Å². The van der Waals surface area contributed by atoms with Crippen molar-refractivity contribution in [2.24, 2.45) is 0 Å². The zero-order valence-corrected chi connectivity index (χ0v) is 26.4. The highest BCUT2D eigenvalue weighted by atomic mass is 35.5. The largest absolute Gasteiger partial charge is 0.494 e. The van der Waals surface area contributed by atoms with Gasteiger partial charge >= 0.3 is 0 Å². The summed E-state index contributed by atoms with van der Waals surface area (Å²) in [5.74, 6) is -0.450. The molecule has 220 valence electrons. The fourth-order valence-electron chi connectivity index (χ4n) is 4.04. The van der Waals surface area contributed by atoms with Crippen molar-refractivity contribution in [3.8, 4) is 5.75 Å². The van der Waals surface area contributed by atoms with Crippen molar-refractivity contribution in [2.45, 2.75) is 43.1 Å². The standard InChI is InChI=1S/C29H33Cl2N3O5S2/c1-5-32-29(36)20(3)33(18-25-26(30)8-7-9-27(25)31)28(35)19-34(21-10-12-22(13-11-21)39-6-2)41(37,38)24-16-14-23(40-4)15-17-24/h7-17,20H,5-6,18-19H2,1-4H3,(H,32,36)/t20-/m1/s1. The fourth-order valence-corrected chi connectivity index (χ4v) is 6.38.